The zero-order valence-corrected chi connectivity index (χ0v) is 16.2. The maximum absolute atomic E-state index is 13.4. The molecule has 1 aromatic carbocycles. The van der Waals surface area contributed by atoms with Gasteiger partial charge in [0.15, 0.2) is 0 Å². The number of aromatic nitrogens is 2. The lowest BCUT2D eigenvalue weighted by Crippen LogP contribution is -2.41. The predicted molar refractivity (Wildman–Crippen MR) is 108 cm³/mol. The van der Waals surface area contributed by atoms with E-state index in [1.165, 1.54) is 0 Å². The van der Waals surface area contributed by atoms with Gasteiger partial charge in [-0.25, -0.2) is 0 Å². The number of benzene rings is 1. The Kier molecular flexibility index (Phi) is 4.86. The number of aromatic amines is 1. The van der Waals surface area contributed by atoms with Gasteiger partial charge >= 0.3 is 0 Å². The van der Waals surface area contributed by atoms with E-state index >= 15 is 0 Å². The van der Waals surface area contributed by atoms with E-state index in [1.54, 1.807) is 11.1 Å². The fourth-order valence-corrected chi connectivity index (χ4v) is 3.76. The summed E-state index contributed by atoms with van der Waals surface area (Å²) >= 11 is 0. The lowest BCUT2D eigenvalue weighted by Gasteiger charge is -2.25. The second-order valence-electron chi connectivity index (χ2n) is 7.45. The Morgan fingerprint density at radius 2 is 2.11 bits per heavy atom. The molecule has 0 saturated carbocycles. The third kappa shape index (κ3) is 3.63. The van der Waals surface area contributed by atoms with E-state index < -0.39 is 0 Å². The standard InChI is InChI=1S/C22H24N4O2/c1-14-15(2)24-20-8-6-16(11-19(14)20)22(28)26(12-17-5-3-4-10-23-17)13-18-7-9-21(27)25-18/h3-6,8,10-11,18,24H,7,9,12-13H2,1-2H3,(H,25,27)/t18-/m0/s1. The van der Waals surface area contributed by atoms with Crippen LogP contribution in [0.3, 0.4) is 0 Å². The molecule has 1 aliphatic heterocycles. The van der Waals surface area contributed by atoms with E-state index in [0.29, 0.717) is 25.1 Å². The van der Waals surface area contributed by atoms with E-state index in [-0.39, 0.29) is 17.9 Å². The number of carbonyl (C=O) groups excluding carboxylic acids is 2. The molecule has 6 nitrogen and oxygen atoms in total. The molecule has 0 bridgehead atoms. The summed E-state index contributed by atoms with van der Waals surface area (Å²) in [5.74, 6) is 0.00188. The lowest BCUT2D eigenvalue weighted by molar-refractivity contribution is -0.119. The maximum Gasteiger partial charge on any atom is 0.254 e. The summed E-state index contributed by atoms with van der Waals surface area (Å²) in [7, 11) is 0. The molecule has 0 spiro atoms. The fraction of sp³-hybridized carbons (Fsp3) is 0.318. The van der Waals surface area contributed by atoms with Gasteiger partial charge in [0.1, 0.15) is 0 Å². The minimum Gasteiger partial charge on any atom is -0.358 e. The van der Waals surface area contributed by atoms with Gasteiger partial charge in [0.2, 0.25) is 5.91 Å². The Morgan fingerprint density at radius 3 is 2.82 bits per heavy atom. The lowest BCUT2D eigenvalue weighted by atomic mass is 10.1. The van der Waals surface area contributed by atoms with Gasteiger partial charge in [0, 0.05) is 47.4 Å². The smallest absolute Gasteiger partial charge is 0.254 e. The van der Waals surface area contributed by atoms with Crippen LogP contribution in [0.1, 0.15) is 40.2 Å². The third-order valence-corrected chi connectivity index (χ3v) is 5.45. The summed E-state index contributed by atoms with van der Waals surface area (Å²) in [5.41, 5.74) is 4.78. The summed E-state index contributed by atoms with van der Waals surface area (Å²) in [6, 6.07) is 11.4. The molecule has 28 heavy (non-hydrogen) atoms. The van der Waals surface area contributed by atoms with Gasteiger partial charge in [0.25, 0.3) is 5.91 Å². The van der Waals surface area contributed by atoms with Crippen LogP contribution < -0.4 is 5.32 Å². The fourth-order valence-electron chi connectivity index (χ4n) is 3.76. The topological polar surface area (TPSA) is 78.1 Å². The van der Waals surface area contributed by atoms with Gasteiger partial charge in [-0.15, -0.1) is 0 Å². The Bertz CT molecular complexity index is 1030. The monoisotopic (exact) mass is 376 g/mol. The van der Waals surface area contributed by atoms with E-state index in [1.807, 2.05) is 43.3 Å². The van der Waals surface area contributed by atoms with Gasteiger partial charge in [-0.2, -0.15) is 0 Å². The molecule has 3 heterocycles. The molecule has 3 aromatic rings. The molecular formula is C22H24N4O2. The average molecular weight is 376 g/mol. The summed E-state index contributed by atoms with van der Waals surface area (Å²) in [6.45, 7) is 4.98. The van der Waals surface area contributed by atoms with Gasteiger partial charge in [-0.05, 0) is 56.2 Å². The molecule has 0 aliphatic carbocycles. The van der Waals surface area contributed by atoms with Crippen LogP contribution >= 0.6 is 0 Å². The molecule has 6 heteroatoms. The maximum atomic E-state index is 13.4. The van der Waals surface area contributed by atoms with Crippen molar-refractivity contribution in [2.45, 2.75) is 39.3 Å². The van der Waals surface area contributed by atoms with Crippen LogP contribution in [-0.2, 0) is 11.3 Å². The van der Waals surface area contributed by atoms with Crippen LogP contribution in [0.25, 0.3) is 10.9 Å². The number of nitrogens with one attached hydrogen (secondary N) is 2. The molecule has 0 unspecified atom stereocenters. The summed E-state index contributed by atoms with van der Waals surface area (Å²) in [5, 5.41) is 4.03. The van der Waals surface area contributed by atoms with Crippen LogP contribution in [0.2, 0.25) is 0 Å². The van der Waals surface area contributed by atoms with Gasteiger partial charge in [0.05, 0.1) is 12.2 Å². The SMILES string of the molecule is Cc1[nH]c2ccc(C(=O)N(Cc3ccccn3)C[C@@H]3CCC(=O)N3)cc2c1C. The summed E-state index contributed by atoms with van der Waals surface area (Å²) in [6.07, 6.45) is 3.00. The zero-order valence-electron chi connectivity index (χ0n) is 16.2. The number of hydrogen-bond acceptors (Lipinski definition) is 3. The number of amides is 2. The second-order valence-corrected chi connectivity index (χ2v) is 7.45. The number of pyridine rings is 1. The Hall–Kier alpha value is -3.15. The molecule has 2 aromatic heterocycles. The van der Waals surface area contributed by atoms with Crippen molar-refractivity contribution in [1.29, 1.82) is 0 Å². The van der Waals surface area contributed by atoms with Gasteiger partial charge < -0.3 is 15.2 Å². The zero-order chi connectivity index (χ0) is 19.7. The first-order valence-electron chi connectivity index (χ1n) is 9.59. The molecular weight excluding hydrogens is 352 g/mol. The molecule has 144 valence electrons. The van der Waals surface area contributed by atoms with Crippen LogP contribution in [0, 0.1) is 13.8 Å². The minimum absolute atomic E-state index is 0.0138. The molecule has 1 saturated heterocycles. The second kappa shape index (κ2) is 7.46. The number of carbonyl (C=O) groups is 2. The Balaban J connectivity index is 1.63. The van der Waals surface area contributed by atoms with Crippen molar-refractivity contribution in [3.05, 3.63) is 65.1 Å². The van der Waals surface area contributed by atoms with Gasteiger partial charge in [-0.1, -0.05) is 6.07 Å². The van der Waals surface area contributed by atoms with Crippen molar-refractivity contribution >= 4 is 22.7 Å². The van der Waals surface area contributed by atoms with Crippen molar-refractivity contribution in [1.82, 2.24) is 20.2 Å². The number of rotatable bonds is 5. The molecule has 1 aliphatic rings. The van der Waals surface area contributed by atoms with Crippen molar-refractivity contribution < 1.29 is 9.59 Å². The number of nitrogens with zero attached hydrogens (tertiary/aromatic N) is 2. The number of hydrogen-bond donors (Lipinski definition) is 2. The normalized spacial score (nSPS) is 16.4. The Morgan fingerprint density at radius 1 is 1.25 bits per heavy atom. The quantitative estimate of drug-likeness (QED) is 0.718. The highest BCUT2D eigenvalue weighted by molar-refractivity contribution is 5.99. The predicted octanol–water partition coefficient (Wildman–Crippen LogP) is 3.10. The molecule has 4 rings (SSSR count). The van der Waals surface area contributed by atoms with E-state index in [9.17, 15) is 9.59 Å². The first kappa shape index (κ1) is 18.2. The van der Waals surface area contributed by atoms with Crippen molar-refractivity contribution in [2.24, 2.45) is 0 Å². The van der Waals surface area contributed by atoms with Crippen LogP contribution in [-0.4, -0.2) is 39.3 Å². The molecule has 0 radical (unpaired) electrons. The van der Waals surface area contributed by atoms with Gasteiger partial charge in [-0.3, -0.25) is 14.6 Å². The number of aryl methyl sites for hydroxylation is 2. The molecule has 2 amide bonds. The van der Waals surface area contributed by atoms with Crippen LogP contribution in [0.4, 0.5) is 0 Å². The minimum atomic E-state index is -0.0491. The number of H-pyrrole nitrogens is 1. The Labute approximate surface area is 164 Å². The van der Waals surface area contributed by atoms with Crippen molar-refractivity contribution in [3.63, 3.8) is 0 Å². The summed E-state index contributed by atoms with van der Waals surface area (Å²) < 4.78 is 0. The highest BCUT2D eigenvalue weighted by atomic mass is 16.2. The third-order valence-electron chi connectivity index (χ3n) is 5.45. The summed E-state index contributed by atoms with van der Waals surface area (Å²) in [4.78, 5) is 34.4. The first-order valence-corrected chi connectivity index (χ1v) is 9.59. The van der Waals surface area contributed by atoms with Crippen LogP contribution in [0.15, 0.2) is 42.6 Å². The van der Waals surface area contributed by atoms with E-state index in [0.717, 1.165) is 34.3 Å². The highest BCUT2D eigenvalue weighted by Gasteiger charge is 2.26. The molecule has 1 atom stereocenters. The highest BCUT2D eigenvalue weighted by Crippen LogP contribution is 2.23. The number of fused-ring (bicyclic) bond motifs is 1. The van der Waals surface area contributed by atoms with E-state index in [2.05, 4.69) is 22.2 Å². The van der Waals surface area contributed by atoms with Crippen molar-refractivity contribution in [3.8, 4) is 0 Å². The van der Waals surface area contributed by atoms with Crippen LogP contribution in [0.5, 0.6) is 0 Å². The molecule has 2 N–H and O–H groups in total. The largest absolute Gasteiger partial charge is 0.358 e. The molecule has 1 fully saturated rings. The van der Waals surface area contributed by atoms with Crippen molar-refractivity contribution in [2.75, 3.05) is 6.54 Å². The average Bonchev–Trinajstić information content (AvgIpc) is 3.24. The van der Waals surface area contributed by atoms with E-state index in [4.69, 9.17) is 0 Å². The first-order chi connectivity index (χ1) is 13.5.